The molecule has 2 rings (SSSR count). The van der Waals surface area contributed by atoms with Crippen molar-refractivity contribution in [1.82, 2.24) is 9.78 Å². The largest absolute Gasteiger partial charge is 0.370 e. The van der Waals surface area contributed by atoms with Crippen LogP contribution in [0, 0.1) is 0 Å². The van der Waals surface area contributed by atoms with Crippen molar-refractivity contribution in [2.24, 2.45) is 0 Å². The minimum atomic E-state index is 0.0506. The van der Waals surface area contributed by atoms with Crippen LogP contribution in [0.4, 0.5) is 0 Å². The smallest absolute Gasteiger partial charge is 0.128 e. The minimum absolute atomic E-state index is 0.0506. The molecule has 78 valence electrons. The van der Waals surface area contributed by atoms with Crippen molar-refractivity contribution < 1.29 is 4.74 Å². The predicted molar refractivity (Wildman–Crippen MR) is 58.1 cm³/mol. The van der Waals surface area contributed by atoms with E-state index >= 15 is 0 Å². The summed E-state index contributed by atoms with van der Waals surface area (Å²) in [5, 5.41) is 4.28. The van der Waals surface area contributed by atoms with Gasteiger partial charge in [0.15, 0.2) is 0 Å². The molecule has 0 aliphatic carbocycles. The van der Waals surface area contributed by atoms with E-state index in [4.69, 9.17) is 4.74 Å². The number of nitrogens with zero attached hydrogens (tertiary/aromatic N) is 2. The van der Waals surface area contributed by atoms with Gasteiger partial charge < -0.3 is 4.74 Å². The Balaban J connectivity index is 1.94. The van der Waals surface area contributed by atoms with Crippen LogP contribution in [0.15, 0.2) is 16.9 Å². The monoisotopic (exact) mass is 258 g/mol. The van der Waals surface area contributed by atoms with Crippen molar-refractivity contribution in [2.75, 3.05) is 0 Å². The van der Waals surface area contributed by atoms with E-state index in [1.54, 1.807) is 0 Å². The third kappa shape index (κ3) is 2.36. The topological polar surface area (TPSA) is 27.1 Å². The highest BCUT2D eigenvalue weighted by atomic mass is 79.9. The van der Waals surface area contributed by atoms with Gasteiger partial charge in [0.05, 0.1) is 18.2 Å². The summed E-state index contributed by atoms with van der Waals surface area (Å²) in [5.41, 5.74) is 0.0506. The molecule has 0 bridgehead atoms. The Kier molecular flexibility index (Phi) is 2.66. The van der Waals surface area contributed by atoms with Gasteiger partial charge in [0.25, 0.3) is 0 Å². The first-order valence-electron chi connectivity index (χ1n) is 4.92. The van der Waals surface area contributed by atoms with Crippen molar-refractivity contribution in [3.05, 3.63) is 16.9 Å². The number of ether oxygens (including phenoxy) is 1. The fourth-order valence-electron chi connectivity index (χ4n) is 1.85. The fraction of sp³-hybridized carbons (Fsp3) is 0.700. The summed E-state index contributed by atoms with van der Waals surface area (Å²) in [6.45, 7) is 5.15. The van der Waals surface area contributed by atoms with E-state index in [2.05, 4.69) is 34.9 Å². The van der Waals surface area contributed by atoms with Crippen LogP contribution in [-0.2, 0) is 11.3 Å². The van der Waals surface area contributed by atoms with E-state index in [-0.39, 0.29) is 5.60 Å². The maximum absolute atomic E-state index is 5.89. The lowest BCUT2D eigenvalue weighted by atomic mass is 10.1. The number of halogens is 1. The zero-order chi connectivity index (χ0) is 10.2. The molecule has 1 aromatic rings. The van der Waals surface area contributed by atoms with Crippen LogP contribution in [-0.4, -0.2) is 21.5 Å². The highest BCUT2D eigenvalue weighted by molar-refractivity contribution is 9.10. The molecule has 0 amide bonds. The highest BCUT2D eigenvalue weighted by Crippen LogP contribution is 2.29. The Morgan fingerprint density at radius 2 is 2.50 bits per heavy atom. The average molecular weight is 259 g/mol. The van der Waals surface area contributed by atoms with Crippen molar-refractivity contribution >= 4 is 15.9 Å². The molecule has 3 nitrogen and oxygen atoms in total. The predicted octanol–water partition coefficient (Wildman–Crippen LogP) is 2.60. The van der Waals surface area contributed by atoms with Gasteiger partial charge in [-0.15, -0.1) is 0 Å². The average Bonchev–Trinajstić information content (AvgIpc) is 2.59. The molecule has 1 atom stereocenters. The standard InChI is InChI=1S/C10H15BrN2O/c1-10(2)5-3-8(14-10)7-13-6-4-9(11)12-13/h4,6,8H,3,5,7H2,1-2H3. The summed E-state index contributed by atoms with van der Waals surface area (Å²) in [6, 6.07) is 1.94. The third-order valence-corrected chi connectivity index (χ3v) is 2.98. The molecule has 0 spiro atoms. The van der Waals surface area contributed by atoms with Gasteiger partial charge in [-0.1, -0.05) is 0 Å². The van der Waals surface area contributed by atoms with Gasteiger partial charge in [-0.3, -0.25) is 4.68 Å². The van der Waals surface area contributed by atoms with Gasteiger partial charge >= 0.3 is 0 Å². The van der Waals surface area contributed by atoms with Crippen molar-refractivity contribution in [1.29, 1.82) is 0 Å². The van der Waals surface area contributed by atoms with E-state index in [0.29, 0.717) is 6.10 Å². The first kappa shape index (κ1) is 10.2. The molecule has 14 heavy (non-hydrogen) atoms. The summed E-state index contributed by atoms with van der Waals surface area (Å²) in [6.07, 6.45) is 4.56. The molecule has 1 unspecified atom stereocenters. The van der Waals surface area contributed by atoms with Gasteiger partial charge in [0.2, 0.25) is 0 Å². The maximum Gasteiger partial charge on any atom is 0.128 e. The first-order chi connectivity index (χ1) is 6.55. The van der Waals surface area contributed by atoms with E-state index in [1.807, 2.05) is 16.9 Å². The summed E-state index contributed by atoms with van der Waals surface area (Å²) in [5.74, 6) is 0. The lowest BCUT2D eigenvalue weighted by Crippen LogP contribution is -2.23. The van der Waals surface area contributed by atoms with Crippen LogP contribution < -0.4 is 0 Å². The molecule has 0 radical (unpaired) electrons. The zero-order valence-electron chi connectivity index (χ0n) is 8.53. The third-order valence-electron chi connectivity index (χ3n) is 2.55. The van der Waals surface area contributed by atoms with Gasteiger partial charge in [0, 0.05) is 6.20 Å². The second-order valence-electron chi connectivity index (χ2n) is 4.40. The SMILES string of the molecule is CC1(C)CCC(Cn2ccc(Br)n2)O1. The van der Waals surface area contributed by atoms with Crippen molar-refractivity contribution in [2.45, 2.75) is 44.9 Å². The van der Waals surface area contributed by atoms with Gasteiger partial charge in [-0.25, -0.2) is 0 Å². The van der Waals surface area contributed by atoms with Crippen molar-refractivity contribution in [3.8, 4) is 0 Å². The zero-order valence-corrected chi connectivity index (χ0v) is 10.1. The van der Waals surface area contributed by atoms with Crippen LogP contribution in [0.3, 0.4) is 0 Å². The lowest BCUT2D eigenvalue weighted by Gasteiger charge is -2.19. The van der Waals surface area contributed by atoms with E-state index < -0.39 is 0 Å². The molecule has 2 heterocycles. The molecule has 1 saturated heterocycles. The van der Waals surface area contributed by atoms with Crippen molar-refractivity contribution in [3.63, 3.8) is 0 Å². The second-order valence-corrected chi connectivity index (χ2v) is 5.21. The Labute approximate surface area is 92.6 Å². The summed E-state index contributed by atoms with van der Waals surface area (Å²) < 4.78 is 8.70. The quantitative estimate of drug-likeness (QED) is 0.816. The highest BCUT2D eigenvalue weighted by Gasteiger charge is 2.31. The molecule has 0 saturated carbocycles. The summed E-state index contributed by atoms with van der Waals surface area (Å²) in [7, 11) is 0. The normalized spacial score (nSPS) is 25.5. The Hall–Kier alpha value is -0.350. The fourth-order valence-corrected chi connectivity index (χ4v) is 2.18. The van der Waals surface area contributed by atoms with Gasteiger partial charge in [-0.2, -0.15) is 5.10 Å². The summed E-state index contributed by atoms with van der Waals surface area (Å²) >= 11 is 3.33. The number of hydrogen-bond donors (Lipinski definition) is 0. The Morgan fingerprint density at radius 3 is 3.00 bits per heavy atom. The van der Waals surface area contributed by atoms with Crippen LogP contribution in [0.5, 0.6) is 0 Å². The minimum Gasteiger partial charge on any atom is -0.370 e. The maximum atomic E-state index is 5.89. The Morgan fingerprint density at radius 1 is 1.71 bits per heavy atom. The van der Waals surface area contributed by atoms with E-state index in [1.165, 1.54) is 0 Å². The van der Waals surface area contributed by atoms with Crippen LogP contribution in [0.2, 0.25) is 0 Å². The van der Waals surface area contributed by atoms with E-state index in [0.717, 1.165) is 24.0 Å². The van der Waals surface area contributed by atoms with Crippen LogP contribution >= 0.6 is 15.9 Å². The molecule has 1 aliphatic heterocycles. The van der Waals surface area contributed by atoms with Crippen LogP contribution in [0.25, 0.3) is 0 Å². The number of hydrogen-bond acceptors (Lipinski definition) is 2. The van der Waals surface area contributed by atoms with Crippen LogP contribution in [0.1, 0.15) is 26.7 Å². The molecule has 1 aliphatic rings. The first-order valence-corrected chi connectivity index (χ1v) is 5.71. The van der Waals surface area contributed by atoms with E-state index in [9.17, 15) is 0 Å². The lowest BCUT2D eigenvalue weighted by molar-refractivity contribution is -0.0230. The molecule has 1 fully saturated rings. The molecule has 0 N–H and O–H groups in total. The molecule has 0 aromatic carbocycles. The van der Waals surface area contributed by atoms with Gasteiger partial charge in [0.1, 0.15) is 4.60 Å². The summed E-state index contributed by atoms with van der Waals surface area (Å²) in [4.78, 5) is 0. The molecule has 4 heteroatoms. The molecular weight excluding hydrogens is 244 g/mol. The number of aromatic nitrogens is 2. The molecular formula is C10H15BrN2O. The molecule has 1 aromatic heterocycles. The number of rotatable bonds is 2. The second kappa shape index (κ2) is 3.66. The van der Waals surface area contributed by atoms with Gasteiger partial charge in [-0.05, 0) is 48.7 Å². The Bertz CT molecular complexity index is 322.